The van der Waals surface area contributed by atoms with Crippen molar-refractivity contribution in [1.29, 1.82) is 0 Å². The van der Waals surface area contributed by atoms with Crippen LogP contribution in [0.2, 0.25) is 0 Å². The number of rotatable bonds is 2. The van der Waals surface area contributed by atoms with Gasteiger partial charge in [0.2, 0.25) is 0 Å². The maximum Gasteiger partial charge on any atom is 0.267 e. The fraction of sp³-hybridized carbons (Fsp3) is 0.400. The summed E-state index contributed by atoms with van der Waals surface area (Å²) < 4.78 is 0. The summed E-state index contributed by atoms with van der Waals surface area (Å²) in [5.74, 6) is 0.0260. The number of para-hydroxylation sites is 1. The van der Waals surface area contributed by atoms with Gasteiger partial charge in [0.05, 0.1) is 0 Å². The molecule has 3 rings (SSSR count). The average Bonchev–Trinajstić information content (AvgIpc) is 2.84. The standard InChI is InChI=1S/C15H18N2O/c18-15(16-12-7-2-1-3-8-12)14-10-11-6-4-5-9-13(11)17-14/h4-6,9-10,12,17H,1-3,7-8H2,(H,16,18). The van der Waals surface area contributed by atoms with Gasteiger partial charge in [0.15, 0.2) is 0 Å². The van der Waals surface area contributed by atoms with E-state index >= 15 is 0 Å². The number of H-pyrrole nitrogens is 1. The van der Waals surface area contributed by atoms with Crippen LogP contribution in [0.1, 0.15) is 42.6 Å². The molecule has 1 aliphatic carbocycles. The SMILES string of the molecule is O=C(NC1CCCCC1)c1cc2ccccc2[nH]1. The van der Waals surface area contributed by atoms with Gasteiger partial charge in [-0.1, -0.05) is 37.5 Å². The lowest BCUT2D eigenvalue weighted by Gasteiger charge is -2.22. The van der Waals surface area contributed by atoms with Gasteiger partial charge in [-0.05, 0) is 25.0 Å². The number of fused-ring (bicyclic) bond motifs is 1. The molecule has 2 aromatic rings. The molecular weight excluding hydrogens is 224 g/mol. The third kappa shape index (κ3) is 2.26. The third-order valence-electron chi connectivity index (χ3n) is 3.71. The molecule has 1 heterocycles. The molecule has 1 saturated carbocycles. The van der Waals surface area contributed by atoms with Crippen molar-refractivity contribution in [2.75, 3.05) is 0 Å². The van der Waals surface area contributed by atoms with E-state index in [-0.39, 0.29) is 5.91 Å². The highest BCUT2D eigenvalue weighted by atomic mass is 16.1. The number of hydrogen-bond acceptors (Lipinski definition) is 1. The van der Waals surface area contributed by atoms with Gasteiger partial charge < -0.3 is 10.3 Å². The second-order valence-corrected chi connectivity index (χ2v) is 5.08. The number of nitrogens with one attached hydrogen (secondary N) is 2. The van der Waals surface area contributed by atoms with E-state index in [4.69, 9.17) is 0 Å². The molecule has 3 nitrogen and oxygen atoms in total. The van der Waals surface area contributed by atoms with Gasteiger partial charge in [0.1, 0.15) is 5.69 Å². The molecule has 18 heavy (non-hydrogen) atoms. The lowest BCUT2D eigenvalue weighted by atomic mass is 9.95. The zero-order chi connectivity index (χ0) is 12.4. The minimum Gasteiger partial charge on any atom is -0.351 e. The highest BCUT2D eigenvalue weighted by molar-refractivity contribution is 5.98. The first-order valence-corrected chi connectivity index (χ1v) is 6.71. The van der Waals surface area contributed by atoms with Crippen molar-refractivity contribution in [3.63, 3.8) is 0 Å². The Morgan fingerprint density at radius 3 is 2.72 bits per heavy atom. The van der Waals surface area contributed by atoms with Gasteiger partial charge in [-0.15, -0.1) is 0 Å². The summed E-state index contributed by atoms with van der Waals surface area (Å²) in [5.41, 5.74) is 1.69. The van der Waals surface area contributed by atoms with Crippen LogP contribution in [0, 0.1) is 0 Å². The Hall–Kier alpha value is -1.77. The Morgan fingerprint density at radius 2 is 1.94 bits per heavy atom. The molecule has 0 radical (unpaired) electrons. The van der Waals surface area contributed by atoms with Crippen LogP contribution in [0.15, 0.2) is 30.3 Å². The average molecular weight is 242 g/mol. The normalized spacial score (nSPS) is 16.9. The van der Waals surface area contributed by atoms with Gasteiger partial charge in [-0.25, -0.2) is 0 Å². The Bertz CT molecular complexity index is 519. The number of benzene rings is 1. The molecule has 1 fully saturated rings. The maximum atomic E-state index is 12.1. The van der Waals surface area contributed by atoms with Crippen LogP contribution in [0.3, 0.4) is 0 Å². The summed E-state index contributed by atoms with van der Waals surface area (Å²) in [6.07, 6.45) is 6.01. The third-order valence-corrected chi connectivity index (χ3v) is 3.71. The molecule has 0 saturated heterocycles. The Kier molecular flexibility index (Phi) is 3.05. The number of carbonyl (C=O) groups is 1. The van der Waals surface area contributed by atoms with Crippen molar-refractivity contribution in [2.45, 2.75) is 38.1 Å². The predicted molar refractivity (Wildman–Crippen MR) is 72.6 cm³/mol. The Balaban J connectivity index is 1.74. The summed E-state index contributed by atoms with van der Waals surface area (Å²) in [6.45, 7) is 0. The van der Waals surface area contributed by atoms with Crippen molar-refractivity contribution < 1.29 is 4.79 Å². The monoisotopic (exact) mass is 242 g/mol. The van der Waals surface area contributed by atoms with Gasteiger partial charge in [0, 0.05) is 16.9 Å². The first kappa shape index (κ1) is 11.3. The van der Waals surface area contributed by atoms with Crippen molar-refractivity contribution in [2.24, 2.45) is 0 Å². The number of amides is 1. The quantitative estimate of drug-likeness (QED) is 0.834. The second kappa shape index (κ2) is 4.84. The number of aromatic amines is 1. The van der Waals surface area contributed by atoms with Gasteiger partial charge in [-0.3, -0.25) is 4.79 Å². The van der Waals surface area contributed by atoms with E-state index in [1.54, 1.807) is 0 Å². The van der Waals surface area contributed by atoms with Crippen LogP contribution in [0.25, 0.3) is 10.9 Å². The number of hydrogen-bond donors (Lipinski definition) is 2. The van der Waals surface area contributed by atoms with Crippen molar-refractivity contribution >= 4 is 16.8 Å². The van der Waals surface area contributed by atoms with Gasteiger partial charge in [0.25, 0.3) is 5.91 Å². The fourth-order valence-electron chi connectivity index (χ4n) is 2.71. The lowest BCUT2D eigenvalue weighted by Crippen LogP contribution is -2.36. The van der Waals surface area contributed by atoms with Gasteiger partial charge >= 0.3 is 0 Å². The zero-order valence-electron chi connectivity index (χ0n) is 10.4. The Labute approximate surface area is 107 Å². The molecule has 2 N–H and O–H groups in total. The maximum absolute atomic E-state index is 12.1. The van der Waals surface area contributed by atoms with Crippen molar-refractivity contribution in [1.82, 2.24) is 10.3 Å². The highest BCUT2D eigenvalue weighted by Crippen LogP contribution is 2.19. The summed E-state index contributed by atoms with van der Waals surface area (Å²) in [6, 6.07) is 10.3. The van der Waals surface area contributed by atoms with Crippen LogP contribution in [0.4, 0.5) is 0 Å². The molecule has 1 aliphatic rings. The summed E-state index contributed by atoms with van der Waals surface area (Å²) >= 11 is 0. The largest absolute Gasteiger partial charge is 0.351 e. The second-order valence-electron chi connectivity index (χ2n) is 5.08. The molecular formula is C15H18N2O. The van der Waals surface area contributed by atoms with Crippen LogP contribution >= 0.6 is 0 Å². The van der Waals surface area contributed by atoms with E-state index in [2.05, 4.69) is 10.3 Å². The minimum absolute atomic E-state index is 0.0260. The van der Waals surface area contributed by atoms with E-state index < -0.39 is 0 Å². The smallest absolute Gasteiger partial charge is 0.267 e. The topological polar surface area (TPSA) is 44.9 Å². The van der Waals surface area contributed by atoms with Gasteiger partial charge in [-0.2, -0.15) is 0 Å². The van der Waals surface area contributed by atoms with Crippen LogP contribution in [-0.2, 0) is 0 Å². The molecule has 1 aromatic heterocycles. The lowest BCUT2D eigenvalue weighted by molar-refractivity contribution is 0.0923. The molecule has 3 heteroatoms. The molecule has 1 amide bonds. The van der Waals surface area contributed by atoms with Crippen molar-refractivity contribution in [3.8, 4) is 0 Å². The number of carbonyl (C=O) groups excluding carboxylic acids is 1. The molecule has 0 unspecified atom stereocenters. The molecule has 0 atom stereocenters. The molecule has 0 spiro atoms. The van der Waals surface area contributed by atoms with Crippen LogP contribution in [0.5, 0.6) is 0 Å². The first-order valence-electron chi connectivity index (χ1n) is 6.71. The summed E-state index contributed by atoms with van der Waals surface area (Å²) in [7, 11) is 0. The van der Waals surface area contributed by atoms with E-state index in [1.807, 2.05) is 30.3 Å². The first-order chi connectivity index (χ1) is 8.83. The summed E-state index contributed by atoms with van der Waals surface area (Å²) in [5, 5.41) is 4.22. The summed E-state index contributed by atoms with van der Waals surface area (Å²) in [4.78, 5) is 15.3. The van der Waals surface area contributed by atoms with Crippen LogP contribution < -0.4 is 5.32 Å². The van der Waals surface area contributed by atoms with Crippen LogP contribution in [-0.4, -0.2) is 16.9 Å². The molecule has 0 aliphatic heterocycles. The van der Waals surface area contributed by atoms with E-state index in [9.17, 15) is 4.79 Å². The molecule has 94 valence electrons. The molecule has 0 bridgehead atoms. The Morgan fingerprint density at radius 1 is 1.17 bits per heavy atom. The van der Waals surface area contributed by atoms with E-state index in [1.165, 1.54) is 19.3 Å². The molecule has 1 aromatic carbocycles. The zero-order valence-corrected chi connectivity index (χ0v) is 10.4. The van der Waals surface area contributed by atoms with Crippen molar-refractivity contribution in [3.05, 3.63) is 36.0 Å². The highest BCUT2D eigenvalue weighted by Gasteiger charge is 2.17. The predicted octanol–water partition coefficient (Wildman–Crippen LogP) is 3.23. The van der Waals surface area contributed by atoms with E-state index in [0.29, 0.717) is 11.7 Å². The van der Waals surface area contributed by atoms with E-state index in [0.717, 1.165) is 23.7 Å². The fourth-order valence-corrected chi connectivity index (χ4v) is 2.71. The number of aromatic nitrogens is 1. The minimum atomic E-state index is 0.0260.